The topological polar surface area (TPSA) is 70.7 Å². The molecule has 1 aromatic carbocycles. The summed E-state index contributed by atoms with van der Waals surface area (Å²) in [6.45, 7) is 6.62. The van der Waals surface area contributed by atoms with Gasteiger partial charge < -0.3 is 10.1 Å². The number of carbonyl (C=O) groups is 2. The van der Waals surface area contributed by atoms with Crippen LogP contribution in [0.5, 0.6) is 5.75 Å². The summed E-state index contributed by atoms with van der Waals surface area (Å²) >= 11 is 0. The normalized spacial score (nSPS) is 14.1. The number of nitrogens with zero attached hydrogens (tertiary/aromatic N) is 1. The summed E-state index contributed by atoms with van der Waals surface area (Å²) in [5.74, 6) is 0.574. The average molecular weight is 305 g/mol. The molecular formula is C16H23N3O3. The third kappa shape index (κ3) is 4.46. The summed E-state index contributed by atoms with van der Waals surface area (Å²) in [7, 11) is 0. The van der Waals surface area contributed by atoms with E-state index in [9.17, 15) is 9.59 Å². The number of nitrogens with one attached hydrogen (secondary N) is 2. The van der Waals surface area contributed by atoms with Gasteiger partial charge in [-0.25, -0.2) is 4.79 Å². The molecule has 6 nitrogen and oxygen atoms in total. The molecule has 0 aromatic heterocycles. The molecule has 3 amide bonds. The average Bonchev–Trinajstić information content (AvgIpc) is 2.47. The molecular weight excluding hydrogens is 282 g/mol. The number of amides is 3. The van der Waals surface area contributed by atoms with Gasteiger partial charge >= 0.3 is 6.03 Å². The van der Waals surface area contributed by atoms with Crippen molar-refractivity contribution in [1.29, 1.82) is 0 Å². The number of hydrogen-bond acceptors (Lipinski definition) is 4. The highest BCUT2D eigenvalue weighted by Crippen LogP contribution is 2.23. The molecule has 0 radical (unpaired) electrons. The number of ether oxygens (including phenoxy) is 1. The van der Waals surface area contributed by atoms with Crippen LogP contribution in [0, 0.1) is 0 Å². The molecule has 6 heteroatoms. The SMILES string of the molecule is CCNC(=O)NC(=O)CN1CCc2ccc(OCC)cc2C1. The Balaban J connectivity index is 1.92. The Kier molecular flexibility index (Phi) is 5.77. The van der Waals surface area contributed by atoms with Gasteiger partial charge in [0.1, 0.15) is 5.75 Å². The summed E-state index contributed by atoms with van der Waals surface area (Å²) in [5, 5.41) is 4.87. The lowest BCUT2D eigenvalue weighted by atomic mass is 9.99. The predicted octanol–water partition coefficient (Wildman–Crippen LogP) is 1.29. The van der Waals surface area contributed by atoms with Gasteiger partial charge in [0.2, 0.25) is 5.91 Å². The number of hydrogen-bond donors (Lipinski definition) is 2. The number of urea groups is 1. The van der Waals surface area contributed by atoms with Crippen LogP contribution in [0.2, 0.25) is 0 Å². The fourth-order valence-corrected chi connectivity index (χ4v) is 2.56. The zero-order valence-corrected chi connectivity index (χ0v) is 13.1. The maximum absolute atomic E-state index is 11.8. The Hall–Kier alpha value is -2.08. The molecule has 1 aliphatic heterocycles. The predicted molar refractivity (Wildman–Crippen MR) is 83.8 cm³/mol. The van der Waals surface area contributed by atoms with Gasteiger partial charge in [0.15, 0.2) is 0 Å². The van der Waals surface area contributed by atoms with Gasteiger partial charge in [0, 0.05) is 19.6 Å². The Morgan fingerprint density at radius 2 is 2.09 bits per heavy atom. The highest BCUT2D eigenvalue weighted by molar-refractivity contribution is 5.95. The number of fused-ring (bicyclic) bond motifs is 1. The van der Waals surface area contributed by atoms with Gasteiger partial charge in [0.25, 0.3) is 0 Å². The molecule has 0 unspecified atom stereocenters. The van der Waals surface area contributed by atoms with Crippen molar-refractivity contribution in [3.63, 3.8) is 0 Å². The van der Waals surface area contributed by atoms with Crippen molar-refractivity contribution in [2.45, 2.75) is 26.8 Å². The summed E-state index contributed by atoms with van der Waals surface area (Å²) in [4.78, 5) is 25.2. The van der Waals surface area contributed by atoms with Gasteiger partial charge in [-0.05, 0) is 43.5 Å². The van der Waals surface area contributed by atoms with E-state index in [0.29, 0.717) is 19.7 Å². The monoisotopic (exact) mass is 305 g/mol. The standard InChI is InChI=1S/C16H23N3O3/c1-3-17-16(21)18-15(20)11-19-8-7-12-5-6-14(22-4-2)9-13(12)10-19/h5-6,9H,3-4,7-8,10-11H2,1-2H3,(H2,17,18,20,21). The second-order valence-electron chi connectivity index (χ2n) is 5.23. The van der Waals surface area contributed by atoms with Crippen LogP contribution in [0.1, 0.15) is 25.0 Å². The van der Waals surface area contributed by atoms with Crippen molar-refractivity contribution < 1.29 is 14.3 Å². The largest absolute Gasteiger partial charge is 0.494 e. The minimum atomic E-state index is -0.441. The van der Waals surface area contributed by atoms with Crippen LogP contribution in [-0.4, -0.2) is 43.1 Å². The molecule has 1 aromatic rings. The van der Waals surface area contributed by atoms with Gasteiger partial charge in [-0.1, -0.05) is 6.07 Å². The molecule has 0 atom stereocenters. The lowest BCUT2D eigenvalue weighted by Crippen LogP contribution is -2.45. The zero-order valence-electron chi connectivity index (χ0n) is 13.1. The molecule has 1 heterocycles. The van der Waals surface area contributed by atoms with Crippen molar-refractivity contribution >= 4 is 11.9 Å². The zero-order chi connectivity index (χ0) is 15.9. The molecule has 0 saturated heterocycles. The molecule has 2 rings (SSSR count). The van der Waals surface area contributed by atoms with Crippen LogP contribution in [0.3, 0.4) is 0 Å². The van der Waals surface area contributed by atoms with Crippen molar-refractivity contribution in [2.75, 3.05) is 26.2 Å². The van der Waals surface area contributed by atoms with E-state index in [1.54, 1.807) is 0 Å². The minimum Gasteiger partial charge on any atom is -0.494 e. The first kappa shape index (κ1) is 16.3. The highest BCUT2D eigenvalue weighted by Gasteiger charge is 2.19. The molecule has 120 valence electrons. The van der Waals surface area contributed by atoms with Crippen LogP contribution in [-0.2, 0) is 17.8 Å². The smallest absolute Gasteiger partial charge is 0.321 e. The lowest BCUT2D eigenvalue weighted by Gasteiger charge is -2.28. The van der Waals surface area contributed by atoms with Crippen LogP contribution >= 0.6 is 0 Å². The van der Waals surface area contributed by atoms with Gasteiger partial charge in [0.05, 0.1) is 13.2 Å². The highest BCUT2D eigenvalue weighted by atomic mass is 16.5. The van der Waals surface area contributed by atoms with E-state index in [2.05, 4.69) is 16.7 Å². The van der Waals surface area contributed by atoms with E-state index >= 15 is 0 Å². The Morgan fingerprint density at radius 3 is 2.82 bits per heavy atom. The van der Waals surface area contributed by atoms with Crippen LogP contribution in [0.25, 0.3) is 0 Å². The molecule has 0 bridgehead atoms. The molecule has 22 heavy (non-hydrogen) atoms. The fraction of sp³-hybridized carbons (Fsp3) is 0.500. The molecule has 1 aliphatic rings. The van der Waals surface area contributed by atoms with E-state index in [1.807, 2.05) is 30.9 Å². The van der Waals surface area contributed by atoms with Crippen LogP contribution < -0.4 is 15.4 Å². The molecule has 0 spiro atoms. The Bertz CT molecular complexity index is 545. The maximum atomic E-state index is 11.8. The first-order valence-electron chi connectivity index (χ1n) is 7.67. The van der Waals surface area contributed by atoms with Crippen molar-refractivity contribution in [1.82, 2.24) is 15.5 Å². The van der Waals surface area contributed by atoms with Crippen LogP contribution in [0.4, 0.5) is 4.79 Å². The summed E-state index contributed by atoms with van der Waals surface area (Å²) in [6, 6.07) is 5.67. The number of carbonyl (C=O) groups excluding carboxylic acids is 2. The van der Waals surface area contributed by atoms with Gasteiger partial charge in [-0.3, -0.25) is 15.0 Å². The van der Waals surface area contributed by atoms with E-state index in [4.69, 9.17) is 4.74 Å². The molecule has 0 fully saturated rings. The lowest BCUT2D eigenvalue weighted by molar-refractivity contribution is -0.121. The number of rotatable bonds is 5. The van der Waals surface area contributed by atoms with Crippen LogP contribution in [0.15, 0.2) is 18.2 Å². The van der Waals surface area contributed by atoms with Crippen molar-refractivity contribution in [3.8, 4) is 5.75 Å². The summed E-state index contributed by atoms with van der Waals surface area (Å²) in [5.41, 5.74) is 2.48. The van der Waals surface area contributed by atoms with Crippen molar-refractivity contribution in [2.24, 2.45) is 0 Å². The minimum absolute atomic E-state index is 0.218. The van der Waals surface area contributed by atoms with E-state index in [-0.39, 0.29) is 12.5 Å². The summed E-state index contributed by atoms with van der Waals surface area (Å²) < 4.78 is 5.52. The number of benzene rings is 1. The Morgan fingerprint density at radius 1 is 1.27 bits per heavy atom. The van der Waals surface area contributed by atoms with E-state index < -0.39 is 6.03 Å². The van der Waals surface area contributed by atoms with Gasteiger partial charge in [-0.15, -0.1) is 0 Å². The van der Waals surface area contributed by atoms with Crippen molar-refractivity contribution in [3.05, 3.63) is 29.3 Å². The second kappa shape index (κ2) is 7.79. The Labute approximate surface area is 130 Å². The number of imide groups is 1. The van der Waals surface area contributed by atoms with Gasteiger partial charge in [-0.2, -0.15) is 0 Å². The third-order valence-electron chi connectivity index (χ3n) is 3.54. The third-order valence-corrected chi connectivity index (χ3v) is 3.54. The molecule has 0 saturated carbocycles. The first-order valence-corrected chi connectivity index (χ1v) is 7.67. The molecule has 2 N–H and O–H groups in total. The quantitative estimate of drug-likeness (QED) is 0.860. The summed E-state index contributed by atoms with van der Waals surface area (Å²) in [6.07, 6.45) is 0.899. The maximum Gasteiger partial charge on any atom is 0.321 e. The van der Waals surface area contributed by atoms with E-state index in [1.165, 1.54) is 11.1 Å². The fourth-order valence-electron chi connectivity index (χ4n) is 2.56. The first-order chi connectivity index (χ1) is 10.6. The second-order valence-corrected chi connectivity index (χ2v) is 5.23. The van der Waals surface area contributed by atoms with E-state index in [0.717, 1.165) is 18.7 Å². The molecule has 0 aliphatic carbocycles.